The predicted molar refractivity (Wildman–Crippen MR) is 123 cm³/mol. The molecule has 1 fully saturated rings. The Morgan fingerprint density at radius 3 is 2.55 bits per heavy atom. The third kappa shape index (κ3) is 4.23. The van der Waals surface area contributed by atoms with Crippen molar-refractivity contribution in [3.8, 4) is 11.3 Å². The second kappa shape index (κ2) is 8.74. The Hall–Kier alpha value is -3.60. The van der Waals surface area contributed by atoms with Crippen molar-refractivity contribution in [2.24, 2.45) is 0 Å². The zero-order valence-electron chi connectivity index (χ0n) is 16.2. The van der Waals surface area contributed by atoms with Crippen LogP contribution in [0.2, 0.25) is 10.0 Å². The molecule has 0 saturated carbocycles. The number of anilines is 1. The fraction of sp³-hybridized carbons (Fsp3) is 0. The van der Waals surface area contributed by atoms with Crippen molar-refractivity contribution in [2.75, 3.05) is 4.90 Å². The number of nitrogens with zero attached hydrogens (tertiary/aromatic N) is 2. The number of furan rings is 1. The average Bonchev–Trinajstić information content (AvgIpc) is 3.20. The molecule has 0 radical (unpaired) electrons. The Bertz CT molecular complexity index is 1390. The lowest BCUT2D eigenvalue weighted by Crippen LogP contribution is -2.54. The topological polar surface area (TPSA) is 106 Å². The molecule has 1 aliphatic heterocycles. The molecule has 0 atom stereocenters. The second-order valence-corrected chi connectivity index (χ2v) is 7.85. The van der Waals surface area contributed by atoms with Gasteiger partial charge in [-0.15, -0.1) is 0 Å². The molecule has 33 heavy (non-hydrogen) atoms. The molecule has 0 unspecified atom stereocenters. The van der Waals surface area contributed by atoms with E-state index in [-0.39, 0.29) is 49.2 Å². The van der Waals surface area contributed by atoms with Gasteiger partial charge in [-0.1, -0.05) is 35.3 Å². The van der Waals surface area contributed by atoms with Crippen LogP contribution in [0.1, 0.15) is 5.76 Å². The van der Waals surface area contributed by atoms with Gasteiger partial charge in [0.2, 0.25) is 0 Å². The van der Waals surface area contributed by atoms with E-state index in [2.05, 4.69) is 5.32 Å². The van der Waals surface area contributed by atoms with Gasteiger partial charge in [0.15, 0.2) is 5.11 Å². The molecule has 1 saturated heterocycles. The molecule has 1 N–H and O–H groups in total. The van der Waals surface area contributed by atoms with E-state index in [9.17, 15) is 24.1 Å². The molecule has 1 aromatic heterocycles. The van der Waals surface area contributed by atoms with Gasteiger partial charge in [0.05, 0.1) is 15.6 Å². The quantitative estimate of drug-likeness (QED) is 0.173. The van der Waals surface area contributed by atoms with Gasteiger partial charge in [-0.05, 0) is 48.6 Å². The predicted octanol–water partition coefficient (Wildman–Crippen LogP) is 5.13. The maximum absolute atomic E-state index is 14.2. The second-order valence-electron chi connectivity index (χ2n) is 6.65. The molecule has 0 bridgehead atoms. The van der Waals surface area contributed by atoms with Crippen LogP contribution in [-0.2, 0) is 9.59 Å². The number of halogens is 3. The molecule has 1 aliphatic rings. The van der Waals surface area contributed by atoms with E-state index in [4.69, 9.17) is 39.8 Å². The van der Waals surface area contributed by atoms with Crippen molar-refractivity contribution in [1.29, 1.82) is 0 Å². The van der Waals surface area contributed by atoms with Crippen molar-refractivity contribution in [1.82, 2.24) is 5.32 Å². The van der Waals surface area contributed by atoms with Crippen molar-refractivity contribution >= 4 is 69.8 Å². The van der Waals surface area contributed by atoms with Gasteiger partial charge in [0.1, 0.15) is 27.9 Å². The number of nitrogens with one attached hydrogen (secondary N) is 1. The van der Waals surface area contributed by atoms with Crippen molar-refractivity contribution < 1.29 is 23.3 Å². The first-order chi connectivity index (χ1) is 15.7. The monoisotopic (exact) mass is 505 g/mol. The minimum Gasteiger partial charge on any atom is -0.457 e. The summed E-state index contributed by atoms with van der Waals surface area (Å²) in [5.74, 6) is -2.15. The van der Waals surface area contributed by atoms with Crippen LogP contribution >= 0.6 is 35.4 Å². The summed E-state index contributed by atoms with van der Waals surface area (Å²) in [4.78, 5) is 36.8. The normalized spacial score (nSPS) is 15.2. The van der Waals surface area contributed by atoms with E-state index >= 15 is 0 Å². The molecule has 3 aromatic rings. The molecule has 8 nitrogen and oxygen atoms in total. The number of rotatable bonds is 4. The Labute approximate surface area is 200 Å². The van der Waals surface area contributed by atoms with Gasteiger partial charge in [-0.3, -0.25) is 25.0 Å². The Morgan fingerprint density at radius 1 is 1.12 bits per heavy atom. The summed E-state index contributed by atoms with van der Waals surface area (Å²) in [7, 11) is 0. The van der Waals surface area contributed by atoms with Gasteiger partial charge >= 0.3 is 0 Å². The number of benzene rings is 2. The number of carbonyl (C=O) groups excluding carboxylic acids is 2. The third-order valence-corrected chi connectivity index (χ3v) is 5.51. The molecule has 2 amide bonds. The molecule has 12 heteroatoms. The van der Waals surface area contributed by atoms with Crippen LogP contribution < -0.4 is 10.2 Å². The fourth-order valence-electron chi connectivity index (χ4n) is 3.09. The fourth-order valence-corrected chi connectivity index (χ4v) is 3.91. The lowest BCUT2D eigenvalue weighted by Gasteiger charge is -2.28. The number of para-hydroxylation sites is 1. The van der Waals surface area contributed by atoms with Gasteiger partial charge in [-0.2, -0.15) is 0 Å². The van der Waals surface area contributed by atoms with Crippen LogP contribution in [0.15, 0.2) is 58.5 Å². The molecule has 0 aliphatic carbocycles. The number of carbonyl (C=O) groups is 2. The molecule has 166 valence electrons. The molecule has 0 spiro atoms. The first-order valence-electron chi connectivity index (χ1n) is 9.07. The molecule has 2 heterocycles. The summed E-state index contributed by atoms with van der Waals surface area (Å²) < 4.78 is 19.9. The van der Waals surface area contributed by atoms with Crippen LogP contribution in [0.3, 0.4) is 0 Å². The smallest absolute Gasteiger partial charge is 0.288 e. The minimum atomic E-state index is -0.855. The average molecular weight is 506 g/mol. The highest BCUT2D eigenvalue weighted by Crippen LogP contribution is 2.37. The number of nitro benzene ring substituents is 1. The van der Waals surface area contributed by atoms with Crippen LogP contribution in [0, 0.1) is 15.9 Å². The van der Waals surface area contributed by atoms with Crippen LogP contribution in [0.4, 0.5) is 15.8 Å². The minimum absolute atomic E-state index is 0.0680. The number of hydrogen-bond donors (Lipinski definition) is 1. The SMILES string of the molecule is O=C1NC(=S)N(c2ccccc2F)C(=O)/C1=C/c1ccc(-c2cc([N+](=O)[O-])c(Cl)cc2Cl)o1. The largest absolute Gasteiger partial charge is 0.457 e. The van der Waals surface area contributed by atoms with Gasteiger partial charge in [0.25, 0.3) is 17.5 Å². The molecular weight excluding hydrogens is 496 g/mol. The van der Waals surface area contributed by atoms with E-state index in [1.807, 2.05) is 0 Å². The number of thiocarbonyl (C=S) groups is 1. The van der Waals surface area contributed by atoms with Crippen LogP contribution in [0.25, 0.3) is 17.4 Å². The number of amides is 2. The van der Waals surface area contributed by atoms with E-state index in [0.29, 0.717) is 0 Å². The molecular formula is C21H10Cl2FN3O5S. The van der Waals surface area contributed by atoms with Crippen LogP contribution in [0.5, 0.6) is 0 Å². The Morgan fingerprint density at radius 2 is 1.85 bits per heavy atom. The van der Waals surface area contributed by atoms with E-state index < -0.39 is 22.6 Å². The third-order valence-electron chi connectivity index (χ3n) is 4.61. The molecule has 2 aromatic carbocycles. The summed E-state index contributed by atoms with van der Waals surface area (Å²) in [5.41, 5.74) is -0.672. The highest BCUT2D eigenvalue weighted by molar-refractivity contribution is 7.80. The maximum atomic E-state index is 14.2. The summed E-state index contributed by atoms with van der Waals surface area (Å²) in [6, 6.07) is 10.7. The summed E-state index contributed by atoms with van der Waals surface area (Å²) in [5, 5.41) is 13.2. The van der Waals surface area contributed by atoms with Gasteiger partial charge in [-0.25, -0.2) is 9.29 Å². The van der Waals surface area contributed by atoms with Crippen molar-refractivity contribution in [2.45, 2.75) is 0 Å². The van der Waals surface area contributed by atoms with Gasteiger partial charge < -0.3 is 4.42 Å². The van der Waals surface area contributed by atoms with E-state index in [1.54, 1.807) is 0 Å². The summed E-state index contributed by atoms with van der Waals surface area (Å²) >= 11 is 17.0. The van der Waals surface area contributed by atoms with Crippen molar-refractivity contribution in [3.63, 3.8) is 0 Å². The highest BCUT2D eigenvalue weighted by atomic mass is 35.5. The van der Waals surface area contributed by atoms with E-state index in [1.165, 1.54) is 36.4 Å². The summed E-state index contributed by atoms with van der Waals surface area (Å²) in [6.07, 6.45) is 1.15. The van der Waals surface area contributed by atoms with E-state index in [0.717, 1.165) is 23.1 Å². The maximum Gasteiger partial charge on any atom is 0.288 e. The summed E-state index contributed by atoms with van der Waals surface area (Å²) in [6.45, 7) is 0. The Kier molecular flexibility index (Phi) is 5.98. The lowest BCUT2D eigenvalue weighted by atomic mass is 10.1. The Balaban J connectivity index is 1.72. The van der Waals surface area contributed by atoms with Crippen molar-refractivity contribution in [3.05, 3.63) is 85.8 Å². The first-order valence-corrected chi connectivity index (χ1v) is 10.2. The lowest BCUT2D eigenvalue weighted by molar-refractivity contribution is -0.384. The zero-order valence-corrected chi connectivity index (χ0v) is 18.5. The highest BCUT2D eigenvalue weighted by Gasteiger charge is 2.36. The zero-order chi connectivity index (χ0) is 23.9. The molecule has 4 rings (SSSR count). The number of hydrogen-bond acceptors (Lipinski definition) is 6. The standard InChI is InChI=1S/C21H10Cl2FN3O5S/c22-13-9-14(23)17(27(30)31)8-11(13)18-6-5-10(32-18)7-12-19(28)25-21(33)26(20(12)29)16-4-2-1-3-15(16)24/h1-9H,(H,25,28,33)/b12-7+. The number of nitro groups is 1. The van der Waals surface area contributed by atoms with Gasteiger partial charge in [0, 0.05) is 11.6 Å². The van der Waals surface area contributed by atoms with Crippen LogP contribution in [-0.4, -0.2) is 21.9 Å². The first kappa shape index (κ1) is 22.6.